The fourth-order valence-corrected chi connectivity index (χ4v) is 3.89. The van der Waals surface area contributed by atoms with Gasteiger partial charge in [-0.3, -0.25) is 14.5 Å². The van der Waals surface area contributed by atoms with E-state index in [0.717, 1.165) is 39.1 Å². The van der Waals surface area contributed by atoms with Crippen molar-refractivity contribution in [1.29, 1.82) is 0 Å². The zero-order valence-corrected chi connectivity index (χ0v) is 14.4. The molecule has 1 saturated heterocycles. The Labute approximate surface area is 142 Å². The van der Waals surface area contributed by atoms with Crippen LogP contribution in [0.4, 0.5) is 0 Å². The van der Waals surface area contributed by atoms with Crippen molar-refractivity contribution in [1.82, 2.24) is 14.8 Å². The van der Waals surface area contributed by atoms with Crippen molar-refractivity contribution < 1.29 is 9.53 Å². The molecular formula is C18H27N3O3. The highest BCUT2D eigenvalue weighted by atomic mass is 16.5. The van der Waals surface area contributed by atoms with Crippen LogP contribution in [-0.2, 0) is 11.8 Å². The Balaban J connectivity index is 1.69. The quantitative estimate of drug-likeness (QED) is 0.898. The number of rotatable bonds is 4. The van der Waals surface area contributed by atoms with Crippen LogP contribution in [-0.4, -0.2) is 53.8 Å². The Hall–Kier alpha value is -1.66. The van der Waals surface area contributed by atoms with Crippen molar-refractivity contribution in [2.45, 2.75) is 37.6 Å². The van der Waals surface area contributed by atoms with Gasteiger partial charge in [0.15, 0.2) is 0 Å². The Kier molecular flexibility index (Phi) is 5.36. The summed E-state index contributed by atoms with van der Waals surface area (Å²) in [6, 6.07) is 3.09. The molecule has 0 spiro atoms. The molecule has 2 aliphatic rings. The van der Waals surface area contributed by atoms with Gasteiger partial charge in [-0.1, -0.05) is 19.3 Å². The van der Waals surface area contributed by atoms with E-state index in [0.29, 0.717) is 12.1 Å². The molecular weight excluding hydrogens is 306 g/mol. The summed E-state index contributed by atoms with van der Waals surface area (Å²) in [7, 11) is 1.68. The first-order valence-electron chi connectivity index (χ1n) is 8.88. The second-order valence-corrected chi connectivity index (χ2v) is 6.93. The van der Waals surface area contributed by atoms with Gasteiger partial charge in [-0.25, -0.2) is 0 Å². The number of hydrogen-bond acceptors (Lipinski definition) is 4. The van der Waals surface area contributed by atoms with Crippen molar-refractivity contribution in [2.75, 3.05) is 32.8 Å². The minimum Gasteiger partial charge on any atom is -0.379 e. The van der Waals surface area contributed by atoms with Crippen LogP contribution in [0.5, 0.6) is 0 Å². The maximum absolute atomic E-state index is 12.5. The lowest BCUT2D eigenvalue weighted by molar-refractivity contribution is -0.0361. The minimum atomic E-state index is -0.164. The molecule has 1 aromatic rings. The third-order valence-electron chi connectivity index (χ3n) is 5.41. The van der Waals surface area contributed by atoms with Crippen LogP contribution >= 0.6 is 0 Å². The summed E-state index contributed by atoms with van der Waals surface area (Å²) in [5, 5.41) is 3.08. The van der Waals surface area contributed by atoms with Crippen molar-refractivity contribution in [2.24, 2.45) is 7.05 Å². The molecule has 0 bridgehead atoms. The van der Waals surface area contributed by atoms with Crippen LogP contribution in [0, 0.1) is 0 Å². The lowest BCUT2D eigenvalue weighted by Gasteiger charge is -2.48. The summed E-state index contributed by atoms with van der Waals surface area (Å²) >= 11 is 0. The average molecular weight is 333 g/mol. The van der Waals surface area contributed by atoms with Gasteiger partial charge in [0.05, 0.1) is 13.2 Å². The van der Waals surface area contributed by atoms with E-state index < -0.39 is 0 Å². The number of carbonyl (C=O) groups is 1. The third kappa shape index (κ3) is 3.70. The number of ether oxygens (including phenoxy) is 1. The van der Waals surface area contributed by atoms with Gasteiger partial charge in [0.2, 0.25) is 0 Å². The zero-order chi connectivity index (χ0) is 17.0. The molecule has 0 aromatic carbocycles. The molecule has 6 heteroatoms. The lowest BCUT2D eigenvalue weighted by atomic mass is 9.79. The van der Waals surface area contributed by atoms with Crippen molar-refractivity contribution in [3.8, 4) is 0 Å². The van der Waals surface area contributed by atoms with Crippen LogP contribution in [0.25, 0.3) is 0 Å². The molecule has 0 radical (unpaired) electrons. The first-order chi connectivity index (χ1) is 11.6. The fraction of sp³-hybridized carbons (Fsp3) is 0.667. The number of amides is 1. The van der Waals surface area contributed by atoms with Crippen molar-refractivity contribution >= 4 is 5.91 Å². The summed E-state index contributed by atoms with van der Waals surface area (Å²) in [6.07, 6.45) is 7.55. The molecule has 1 N–H and O–H groups in total. The van der Waals surface area contributed by atoms with Gasteiger partial charge in [0.25, 0.3) is 11.5 Å². The number of nitrogens with zero attached hydrogens (tertiary/aromatic N) is 2. The number of aryl methyl sites for hydroxylation is 1. The van der Waals surface area contributed by atoms with Crippen LogP contribution in [0.2, 0.25) is 0 Å². The second kappa shape index (κ2) is 7.49. The summed E-state index contributed by atoms with van der Waals surface area (Å²) in [5.41, 5.74) is 0.312. The number of morpholine rings is 1. The molecule has 0 atom stereocenters. The van der Waals surface area contributed by atoms with Gasteiger partial charge in [0, 0.05) is 50.0 Å². The van der Waals surface area contributed by atoms with Gasteiger partial charge < -0.3 is 14.6 Å². The molecule has 132 valence electrons. The third-order valence-corrected chi connectivity index (χ3v) is 5.41. The zero-order valence-electron chi connectivity index (χ0n) is 14.4. The standard InChI is InChI=1S/C18H27N3O3/c1-20-8-5-15(13-16(20)22)17(23)19-14-18(6-3-2-4-7-18)21-9-11-24-12-10-21/h5,8,13H,2-4,6-7,9-12,14H2,1H3,(H,19,23). The summed E-state index contributed by atoms with van der Waals surface area (Å²) in [6.45, 7) is 4.04. The first kappa shape index (κ1) is 17.2. The number of carbonyl (C=O) groups excluding carboxylic acids is 1. The van der Waals surface area contributed by atoms with Crippen molar-refractivity contribution in [3.63, 3.8) is 0 Å². The summed E-state index contributed by atoms with van der Waals surface area (Å²) in [4.78, 5) is 26.7. The Morgan fingerprint density at radius 2 is 1.96 bits per heavy atom. The second-order valence-electron chi connectivity index (χ2n) is 6.93. The van der Waals surface area contributed by atoms with Crippen molar-refractivity contribution in [3.05, 3.63) is 34.2 Å². The maximum atomic E-state index is 12.5. The molecule has 2 heterocycles. The van der Waals surface area contributed by atoms with Gasteiger partial charge in [-0.05, 0) is 18.9 Å². The first-order valence-corrected chi connectivity index (χ1v) is 8.88. The topological polar surface area (TPSA) is 63.6 Å². The number of nitrogens with one attached hydrogen (secondary N) is 1. The molecule has 6 nitrogen and oxygen atoms in total. The van der Waals surface area contributed by atoms with E-state index in [2.05, 4.69) is 10.2 Å². The highest BCUT2D eigenvalue weighted by Crippen LogP contribution is 2.33. The minimum absolute atomic E-state index is 0.0391. The van der Waals surface area contributed by atoms with Gasteiger partial charge in [-0.15, -0.1) is 0 Å². The van der Waals surface area contributed by atoms with E-state index in [4.69, 9.17) is 4.74 Å². The summed E-state index contributed by atoms with van der Waals surface area (Å²) < 4.78 is 6.95. The smallest absolute Gasteiger partial charge is 0.251 e. The summed E-state index contributed by atoms with van der Waals surface area (Å²) in [5.74, 6) is -0.161. The normalized spacial score (nSPS) is 21.4. The fourth-order valence-electron chi connectivity index (χ4n) is 3.89. The molecule has 2 fully saturated rings. The predicted octanol–water partition coefficient (Wildman–Crippen LogP) is 1.15. The molecule has 1 aliphatic heterocycles. The SMILES string of the molecule is Cn1ccc(C(=O)NCC2(N3CCOCC3)CCCCC2)cc1=O. The van der Waals surface area contributed by atoms with Crippen LogP contribution in [0.1, 0.15) is 42.5 Å². The van der Waals surface area contributed by atoms with E-state index in [1.54, 1.807) is 19.3 Å². The molecule has 1 aromatic heterocycles. The molecule has 24 heavy (non-hydrogen) atoms. The molecule has 1 amide bonds. The number of hydrogen-bond donors (Lipinski definition) is 1. The predicted molar refractivity (Wildman–Crippen MR) is 92.2 cm³/mol. The van der Waals surface area contributed by atoms with Gasteiger partial charge in [0.1, 0.15) is 0 Å². The monoisotopic (exact) mass is 333 g/mol. The van der Waals surface area contributed by atoms with E-state index in [9.17, 15) is 9.59 Å². The Morgan fingerprint density at radius 1 is 1.25 bits per heavy atom. The maximum Gasteiger partial charge on any atom is 0.251 e. The number of aromatic nitrogens is 1. The van der Waals surface area contributed by atoms with E-state index >= 15 is 0 Å². The van der Waals surface area contributed by atoms with Crippen LogP contribution < -0.4 is 10.9 Å². The molecule has 3 rings (SSSR count). The Bertz CT molecular complexity index is 629. The van der Waals surface area contributed by atoms with E-state index in [1.807, 2.05) is 0 Å². The molecule has 1 aliphatic carbocycles. The highest BCUT2D eigenvalue weighted by molar-refractivity contribution is 5.94. The van der Waals surface area contributed by atoms with E-state index in [-0.39, 0.29) is 17.0 Å². The van der Waals surface area contributed by atoms with Crippen LogP contribution in [0.15, 0.2) is 23.1 Å². The number of pyridine rings is 1. The highest BCUT2D eigenvalue weighted by Gasteiger charge is 2.38. The lowest BCUT2D eigenvalue weighted by Crippen LogP contribution is -2.59. The molecule has 0 unspecified atom stereocenters. The Morgan fingerprint density at radius 3 is 2.62 bits per heavy atom. The molecule has 1 saturated carbocycles. The van der Waals surface area contributed by atoms with E-state index in [1.165, 1.54) is 29.9 Å². The van der Waals surface area contributed by atoms with Crippen LogP contribution in [0.3, 0.4) is 0 Å². The van der Waals surface area contributed by atoms with Gasteiger partial charge in [-0.2, -0.15) is 0 Å². The van der Waals surface area contributed by atoms with Gasteiger partial charge >= 0.3 is 0 Å². The largest absolute Gasteiger partial charge is 0.379 e. The average Bonchev–Trinajstić information content (AvgIpc) is 2.63.